The van der Waals surface area contributed by atoms with Crippen LogP contribution in [0.5, 0.6) is 0 Å². The van der Waals surface area contributed by atoms with Crippen molar-refractivity contribution in [1.82, 2.24) is 10.6 Å². The summed E-state index contributed by atoms with van der Waals surface area (Å²) in [5.41, 5.74) is 0.952. The first kappa shape index (κ1) is 22.7. The lowest BCUT2D eigenvalue weighted by molar-refractivity contribution is -0.157. The lowest BCUT2D eigenvalue weighted by atomic mass is 9.98. The van der Waals surface area contributed by atoms with Crippen LogP contribution >= 0.6 is 0 Å². The van der Waals surface area contributed by atoms with Gasteiger partial charge in [-0.1, -0.05) is 6.08 Å². The van der Waals surface area contributed by atoms with Gasteiger partial charge in [0.1, 0.15) is 23.6 Å². The van der Waals surface area contributed by atoms with Crippen LogP contribution in [-0.4, -0.2) is 55.4 Å². The van der Waals surface area contributed by atoms with Crippen LogP contribution in [0.15, 0.2) is 24.3 Å². The monoisotopic (exact) mass is 433 g/mol. The topological polar surface area (TPSA) is 97.0 Å². The number of esters is 1. The van der Waals surface area contributed by atoms with Crippen LogP contribution in [0.4, 0.5) is 14.9 Å². The SMILES string of the molecule is CC(=O)NC[C@H]1CN(c2ccc(C3=CCC(C(=O)OC(C)(C)C)NC3)c(F)c2)C(=O)O1. The van der Waals surface area contributed by atoms with E-state index in [2.05, 4.69) is 10.6 Å². The standard InChI is InChI=1S/C22H28FN3O5/c1-13(27)24-11-16-12-26(21(29)30-16)15-6-7-17(18(23)9-15)14-5-8-19(25-10-14)20(28)31-22(2,3)4/h5-7,9,16,19,25H,8,10-12H2,1-4H3,(H,24,27)/t16-,19?/m0/s1. The maximum atomic E-state index is 14.8. The summed E-state index contributed by atoms with van der Waals surface area (Å²) >= 11 is 0. The van der Waals surface area contributed by atoms with Gasteiger partial charge in [0.25, 0.3) is 0 Å². The zero-order valence-electron chi connectivity index (χ0n) is 18.2. The van der Waals surface area contributed by atoms with Gasteiger partial charge in [-0.05, 0) is 51.0 Å². The Morgan fingerprint density at radius 1 is 1.35 bits per heavy atom. The fourth-order valence-electron chi connectivity index (χ4n) is 3.43. The van der Waals surface area contributed by atoms with E-state index < -0.39 is 29.7 Å². The van der Waals surface area contributed by atoms with E-state index in [0.29, 0.717) is 24.2 Å². The lowest BCUT2D eigenvalue weighted by Crippen LogP contribution is -2.43. The number of amides is 2. The van der Waals surface area contributed by atoms with Crippen molar-refractivity contribution in [3.8, 4) is 0 Å². The van der Waals surface area contributed by atoms with E-state index in [1.54, 1.807) is 12.1 Å². The van der Waals surface area contributed by atoms with Gasteiger partial charge in [0.2, 0.25) is 5.91 Å². The first-order valence-corrected chi connectivity index (χ1v) is 10.2. The molecule has 8 nitrogen and oxygen atoms in total. The van der Waals surface area contributed by atoms with Crippen molar-refractivity contribution in [3.05, 3.63) is 35.7 Å². The number of rotatable bonds is 5. The molecule has 1 unspecified atom stereocenters. The summed E-state index contributed by atoms with van der Waals surface area (Å²) < 4.78 is 25.5. The molecule has 31 heavy (non-hydrogen) atoms. The molecule has 1 aromatic rings. The molecule has 0 aliphatic carbocycles. The molecule has 1 saturated heterocycles. The van der Waals surface area contributed by atoms with Crippen molar-refractivity contribution in [2.75, 3.05) is 24.5 Å². The summed E-state index contributed by atoms with van der Waals surface area (Å²) in [7, 11) is 0. The molecule has 2 amide bonds. The van der Waals surface area contributed by atoms with Crippen molar-refractivity contribution >= 4 is 29.2 Å². The first-order valence-electron chi connectivity index (χ1n) is 10.2. The van der Waals surface area contributed by atoms with E-state index in [0.717, 1.165) is 5.57 Å². The molecule has 0 saturated carbocycles. The third-order valence-electron chi connectivity index (χ3n) is 4.89. The van der Waals surface area contributed by atoms with Gasteiger partial charge < -0.3 is 20.1 Å². The Labute approximate surface area is 180 Å². The molecule has 0 radical (unpaired) electrons. The van der Waals surface area contributed by atoms with E-state index in [9.17, 15) is 18.8 Å². The van der Waals surface area contributed by atoms with Crippen LogP contribution in [0.1, 0.15) is 39.7 Å². The zero-order chi connectivity index (χ0) is 22.8. The Morgan fingerprint density at radius 3 is 2.68 bits per heavy atom. The molecule has 9 heteroatoms. The average molecular weight is 433 g/mol. The second-order valence-corrected chi connectivity index (χ2v) is 8.65. The van der Waals surface area contributed by atoms with E-state index >= 15 is 0 Å². The summed E-state index contributed by atoms with van der Waals surface area (Å²) in [4.78, 5) is 36.7. The van der Waals surface area contributed by atoms with Gasteiger partial charge in [0, 0.05) is 19.0 Å². The Morgan fingerprint density at radius 2 is 2.10 bits per heavy atom. The fourth-order valence-corrected chi connectivity index (χ4v) is 3.43. The molecule has 2 aliphatic heterocycles. The van der Waals surface area contributed by atoms with Crippen molar-refractivity contribution in [1.29, 1.82) is 0 Å². The molecule has 0 aromatic heterocycles. The highest BCUT2D eigenvalue weighted by atomic mass is 19.1. The smallest absolute Gasteiger partial charge is 0.414 e. The van der Waals surface area contributed by atoms with E-state index in [-0.39, 0.29) is 25.0 Å². The molecule has 1 aromatic carbocycles. The number of benzene rings is 1. The normalized spacial score (nSPS) is 21.4. The third kappa shape index (κ3) is 5.81. The largest absolute Gasteiger partial charge is 0.459 e. The van der Waals surface area contributed by atoms with Crippen LogP contribution in [0.2, 0.25) is 0 Å². The number of hydrogen-bond acceptors (Lipinski definition) is 6. The molecule has 2 heterocycles. The summed E-state index contributed by atoms with van der Waals surface area (Å²) in [6, 6.07) is 4.09. The first-order chi connectivity index (χ1) is 14.5. The summed E-state index contributed by atoms with van der Waals surface area (Å²) in [5.74, 6) is -1.02. The average Bonchev–Trinajstić information content (AvgIpc) is 3.06. The van der Waals surface area contributed by atoms with Gasteiger partial charge in [0.15, 0.2) is 0 Å². The molecule has 0 bridgehead atoms. The Hall–Kier alpha value is -2.94. The van der Waals surface area contributed by atoms with Gasteiger partial charge >= 0.3 is 12.1 Å². The van der Waals surface area contributed by atoms with Gasteiger partial charge in [-0.2, -0.15) is 0 Å². The van der Waals surface area contributed by atoms with Gasteiger partial charge in [0.05, 0.1) is 18.8 Å². The number of carbonyl (C=O) groups excluding carboxylic acids is 3. The molecule has 2 aliphatic rings. The molecular weight excluding hydrogens is 405 g/mol. The van der Waals surface area contributed by atoms with Crippen molar-refractivity contribution in [2.24, 2.45) is 0 Å². The van der Waals surface area contributed by atoms with E-state index in [4.69, 9.17) is 9.47 Å². The number of cyclic esters (lactones) is 1. The maximum absolute atomic E-state index is 14.8. The number of ether oxygens (including phenoxy) is 2. The molecule has 2 N–H and O–H groups in total. The highest BCUT2D eigenvalue weighted by Crippen LogP contribution is 2.28. The molecule has 0 spiro atoms. The second-order valence-electron chi connectivity index (χ2n) is 8.65. The minimum absolute atomic E-state index is 0.204. The maximum Gasteiger partial charge on any atom is 0.414 e. The highest BCUT2D eigenvalue weighted by Gasteiger charge is 2.33. The highest BCUT2D eigenvalue weighted by molar-refractivity contribution is 5.90. The predicted octanol–water partition coefficient (Wildman–Crippen LogP) is 2.37. The number of hydrogen-bond donors (Lipinski definition) is 2. The van der Waals surface area contributed by atoms with Gasteiger partial charge in [-0.3, -0.25) is 14.5 Å². The molecule has 168 valence electrons. The second kappa shape index (κ2) is 9.05. The van der Waals surface area contributed by atoms with Crippen LogP contribution in [0, 0.1) is 5.82 Å². The minimum Gasteiger partial charge on any atom is -0.459 e. The van der Waals surface area contributed by atoms with Crippen LogP contribution in [0.25, 0.3) is 5.57 Å². The number of anilines is 1. The van der Waals surface area contributed by atoms with Crippen LogP contribution in [-0.2, 0) is 19.1 Å². The summed E-state index contributed by atoms with van der Waals surface area (Å²) in [6.45, 7) is 7.56. The van der Waals surface area contributed by atoms with E-state index in [1.807, 2.05) is 26.8 Å². The van der Waals surface area contributed by atoms with Crippen LogP contribution in [0.3, 0.4) is 0 Å². The fraction of sp³-hybridized carbons (Fsp3) is 0.500. The van der Waals surface area contributed by atoms with Gasteiger partial charge in [-0.25, -0.2) is 9.18 Å². The Bertz CT molecular complexity index is 909. The summed E-state index contributed by atoms with van der Waals surface area (Å²) in [5, 5.41) is 5.70. The minimum atomic E-state index is -0.582. The number of halogens is 1. The summed E-state index contributed by atoms with van der Waals surface area (Å²) in [6.07, 6.45) is 1.15. The zero-order valence-corrected chi connectivity index (χ0v) is 18.2. The molecule has 3 rings (SSSR count). The van der Waals surface area contributed by atoms with E-state index in [1.165, 1.54) is 17.9 Å². The van der Waals surface area contributed by atoms with Crippen LogP contribution < -0.4 is 15.5 Å². The van der Waals surface area contributed by atoms with Crippen molar-refractivity contribution in [3.63, 3.8) is 0 Å². The Kier molecular flexibility index (Phi) is 6.64. The number of carbonyl (C=O) groups is 3. The number of nitrogens with zero attached hydrogens (tertiary/aromatic N) is 1. The molecule has 2 atom stereocenters. The van der Waals surface area contributed by atoms with Crippen molar-refractivity contribution in [2.45, 2.75) is 51.9 Å². The third-order valence-corrected chi connectivity index (χ3v) is 4.89. The molecular formula is C22H28FN3O5. The number of nitrogens with one attached hydrogen (secondary N) is 2. The quantitative estimate of drug-likeness (QED) is 0.692. The lowest BCUT2D eigenvalue weighted by Gasteiger charge is -2.27. The Balaban J connectivity index is 1.66. The predicted molar refractivity (Wildman–Crippen MR) is 113 cm³/mol. The van der Waals surface area contributed by atoms with Gasteiger partial charge in [-0.15, -0.1) is 0 Å². The van der Waals surface area contributed by atoms with Crippen molar-refractivity contribution < 1.29 is 28.2 Å². The molecule has 1 fully saturated rings.